The molecule has 3 nitrogen and oxygen atoms in total. The second-order valence-corrected chi connectivity index (χ2v) is 3.69. The number of aliphatic hydroxyl groups excluding tert-OH is 1. The Bertz CT molecular complexity index is 179. The molecule has 1 heterocycles. The molecule has 1 aliphatic rings. The van der Waals surface area contributed by atoms with Crippen LogP contribution in [0, 0.1) is 11.8 Å². The fraction of sp³-hybridized carbons (Fsp3) is 0.889. The molecule has 0 radical (unpaired) electrons. The Morgan fingerprint density at radius 2 is 2.17 bits per heavy atom. The Balaban J connectivity index is 2.53. The summed E-state index contributed by atoms with van der Waals surface area (Å²) in [4.78, 5) is 11.0. The number of β-lactam (4-membered cyclic amide) rings is 1. The van der Waals surface area contributed by atoms with Gasteiger partial charge in [0, 0.05) is 6.04 Å². The van der Waals surface area contributed by atoms with E-state index in [1.54, 1.807) is 6.92 Å². The maximum Gasteiger partial charge on any atom is 0.228 e. The number of carbonyl (C=O) groups excluding carboxylic acids is 1. The minimum absolute atomic E-state index is 0.00435. The van der Waals surface area contributed by atoms with E-state index in [1.807, 2.05) is 0 Å². The van der Waals surface area contributed by atoms with Crippen LogP contribution in [0.5, 0.6) is 0 Å². The van der Waals surface area contributed by atoms with Gasteiger partial charge in [-0.15, -0.1) is 0 Å². The van der Waals surface area contributed by atoms with E-state index in [2.05, 4.69) is 19.2 Å². The van der Waals surface area contributed by atoms with E-state index in [-0.39, 0.29) is 17.9 Å². The summed E-state index contributed by atoms with van der Waals surface area (Å²) >= 11 is 0. The maximum atomic E-state index is 11.0. The summed E-state index contributed by atoms with van der Waals surface area (Å²) in [5, 5.41) is 12.1. The lowest BCUT2D eigenvalue weighted by Crippen LogP contribution is -2.64. The molecule has 4 atom stereocenters. The van der Waals surface area contributed by atoms with Crippen molar-refractivity contribution in [3.63, 3.8) is 0 Å². The molecule has 1 amide bonds. The van der Waals surface area contributed by atoms with Crippen LogP contribution >= 0.6 is 0 Å². The predicted octanol–water partition coefficient (Wildman–Crippen LogP) is 0.528. The third kappa shape index (κ3) is 1.46. The molecule has 0 unspecified atom stereocenters. The van der Waals surface area contributed by atoms with Crippen LogP contribution in [0.3, 0.4) is 0 Å². The topological polar surface area (TPSA) is 49.3 Å². The average molecular weight is 171 g/mol. The van der Waals surface area contributed by atoms with Gasteiger partial charge in [-0.1, -0.05) is 20.3 Å². The van der Waals surface area contributed by atoms with Crippen LogP contribution in [0.4, 0.5) is 0 Å². The van der Waals surface area contributed by atoms with E-state index >= 15 is 0 Å². The highest BCUT2D eigenvalue weighted by Gasteiger charge is 2.44. The summed E-state index contributed by atoms with van der Waals surface area (Å²) in [6, 6.07) is 0.183. The lowest BCUT2D eigenvalue weighted by molar-refractivity contribution is -0.142. The fourth-order valence-electron chi connectivity index (χ4n) is 1.69. The highest BCUT2D eigenvalue weighted by atomic mass is 16.3. The summed E-state index contributed by atoms with van der Waals surface area (Å²) in [6.07, 6.45) is 0.520. The van der Waals surface area contributed by atoms with E-state index in [9.17, 15) is 9.90 Å². The Kier molecular flexibility index (Phi) is 2.73. The third-order valence-corrected chi connectivity index (χ3v) is 2.78. The molecule has 70 valence electrons. The fourth-order valence-corrected chi connectivity index (χ4v) is 1.69. The molecule has 1 rings (SSSR count). The third-order valence-electron chi connectivity index (χ3n) is 2.78. The molecule has 0 aromatic rings. The summed E-state index contributed by atoms with van der Waals surface area (Å²) in [5.41, 5.74) is 0. The van der Waals surface area contributed by atoms with Crippen molar-refractivity contribution in [2.45, 2.75) is 39.3 Å². The van der Waals surface area contributed by atoms with Crippen molar-refractivity contribution in [2.24, 2.45) is 11.8 Å². The van der Waals surface area contributed by atoms with Gasteiger partial charge in [0.15, 0.2) is 0 Å². The van der Waals surface area contributed by atoms with Gasteiger partial charge in [0.25, 0.3) is 0 Å². The quantitative estimate of drug-likeness (QED) is 0.608. The zero-order valence-corrected chi connectivity index (χ0v) is 7.87. The first-order valence-corrected chi connectivity index (χ1v) is 4.56. The Morgan fingerprint density at radius 1 is 1.58 bits per heavy atom. The van der Waals surface area contributed by atoms with Crippen molar-refractivity contribution < 1.29 is 9.90 Å². The van der Waals surface area contributed by atoms with Crippen molar-refractivity contribution in [1.82, 2.24) is 5.32 Å². The number of nitrogens with one attached hydrogen (secondary N) is 1. The van der Waals surface area contributed by atoms with E-state index in [1.165, 1.54) is 0 Å². The molecule has 1 aliphatic heterocycles. The normalized spacial score (nSPS) is 33.5. The summed E-state index contributed by atoms with van der Waals surface area (Å²) in [7, 11) is 0. The van der Waals surface area contributed by atoms with Crippen molar-refractivity contribution in [3.8, 4) is 0 Å². The maximum absolute atomic E-state index is 11.0. The second kappa shape index (κ2) is 3.44. The molecule has 3 heteroatoms. The van der Waals surface area contributed by atoms with Gasteiger partial charge >= 0.3 is 0 Å². The molecular weight excluding hydrogens is 154 g/mol. The molecule has 0 aliphatic carbocycles. The molecule has 12 heavy (non-hydrogen) atoms. The molecule has 0 spiro atoms. The van der Waals surface area contributed by atoms with Gasteiger partial charge in [-0.2, -0.15) is 0 Å². The lowest BCUT2D eigenvalue weighted by Gasteiger charge is -2.41. The van der Waals surface area contributed by atoms with Crippen LogP contribution in [0.15, 0.2) is 0 Å². The number of hydrogen-bond acceptors (Lipinski definition) is 2. The van der Waals surface area contributed by atoms with Gasteiger partial charge in [0.2, 0.25) is 5.91 Å². The van der Waals surface area contributed by atoms with E-state index < -0.39 is 6.10 Å². The minimum Gasteiger partial charge on any atom is -0.393 e. The van der Waals surface area contributed by atoms with Gasteiger partial charge in [-0.25, -0.2) is 0 Å². The highest BCUT2D eigenvalue weighted by molar-refractivity contribution is 5.86. The molecule has 0 saturated carbocycles. The Hall–Kier alpha value is -0.570. The van der Waals surface area contributed by atoms with E-state index in [4.69, 9.17) is 0 Å². The molecular formula is C9H17NO2. The van der Waals surface area contributed by atoms with Crippen LogP contribution in [-0.2, 0) is 4.79 Å². The van der Waals surface area contributed by atoms with Crippen molar-refractivity contribution in [3.05, 3.63) is 0 Å². The first-order chi connectivity index (χ1) is 5.57. The zero-order chi connectivity index (χ0) is 9.30. The SMILES string of the molecule is CC[C@@H](C)[C@H]1NC(=O)[C@@H]1[C@@H](C)O. The van der Waals surface area contributed by atoms with Crippen LogP contribution in [0.1, 0.15) is 27.2 Å². The van der Waals surface area contributed by atoms with Crippen LogP contribution in [0.25, 0.3) is 0 Å². The summed E-state index contributed by atoms with van der Waals surface area (Å²) in [6.45, 7) is 5.87. The van der Waals surface area contributed by atoms with Gasteiger partial charge in [0.1, 0.15) is 0 Å². The molecule has 1 saturated heterocycles. The van der Waals surface area contributed by atoms with Gasteiger partial charge in [-0.05, 0) is 12.8 Å². The monoisotopic (exact) mass is 171 g/mol. The second-order valence-electron chi connectivity index (χ2n) is 3.69. The average Bonchev–Trinajstić information content (AvgIpc) is 1.97. The number of rotatable bonds is 3. The van der Waals surface area contributed by atoms with E-state index in [0.29, 0.717) is 5.92 Å². The van der Waals surface area contributed by atoms with Gasteiger partial charge < -0.3 is 10.4 Å². The van der Waals surface area contributed by atoms with Crippen molar-refractivity contribution in [1.29, 1.82) is 0 Å². The molecule has 1 fully saturated rings. The van der Waals surface area contributed by atoms with Gasteiger partial charge in [0.05, 0.1) is 12.0 Å². The molecule has 0 aromatic carbocycles. The summed E-state index contributed by atoms with van der Waals surface area (Å²) < 4.78 is 0. The molecule has 2 N–H and O–H groups in total. The minimum atomic E-state index is -0.516. The number of carbonyl (C=O) groups is 1. The summed E-state index contributed by atoms with van der Waals surface area (Å²) in [5.74, 6) is 0.276. The Labute approximate surface area is 73.2 Å². The highest BCUT2D eigenvalue weighted by Crippen LogP contribution is 2.26. The predicted molar refractivity (Wildman–Crippen MR) is 46.6 cm³/mol. The van der Waals surface area contributed by atoms with Crippen LogP contribution in [-0.4, -0.2) is 23.2 Å². The van der Waals surface area contributed by atoms with E-state index in [0.717, 1.165) is 6.42 Å². The first-order valence-electron chi connectivity index (χ1n) is 4.56. The van der Waals surface area contributed by atoms with Crippen LogP contribution in [0.2, 0.25) is 0 Å². The zero-order valence-electron chi connectivity index (χ0n) is 7.87. The molecule has 0 aromatic heterocycles. The smallest absolute Gasteiger partial charge is 0.228 e. The standard InChI is InChI=1S/C9H17NO2/c1-4-5(2)8-7(6(3)11)9(12)10-8/h5-8,11H,4H2,1-3H3,(H,10,12)/t5-,6-,7-,8-/m1/s1. The van der Waals surface area contributed by atoms with Gasteiger partial charge in [-0.3, -0.25) is 4.79 Å². The van der Waals surface area contributed by atoms with Crippen molar-refractivity contribution >= 4 is 5.91 Å². The van der Waals surface area contributed by atoms with Crippen molar-refractivity contribution in [2.75, 3.05) is 0 Å². The lowest BCUT2D eigenvalue weighted by atomic mass is 9.78. The molecule has 0 bridgehead atoms. The van der Waals surface area contributed by atoms with Crippen LogP contribution < -0.4 is 5.32 Å². The number of amides is 1. The Morgan fingerprint density at radius 3 is 2.50 bits per heavy atom. The largest absolute Gasteiger partial charge is 0.393 e. The first kappa shape index (κ1) is 9.52. The number of aliphatic hydroxyl groups is 1. The number of hydrogen-bond donors (Lipinski definition) is 2.